The van der Waals surface area contributed by atoms with Crippen LogP contribution in [0.25, 0.3) is 0 Å². The molecule has 2 rings (SSSR count). The first-order valence-corrected chi connectivity index (χ1v) is 5.83. The van der Waals surface area contributed by atoms with Gasteiger partial charge in [0.15, 0.2) is 0 Å². The Morgan fingerprint density at radius 2 is 1.26 bits per heavy atom. The average molecular weight is 266 g/mol. The van der Waals surface area contributed by atoms with E-state index in [9.17, 15) is 8.78 Å². The molecule has 2 heterocycles. The van der Waals surface area contributed by atoms with Crippen LogP contribution in [0.4, 0.5) is 8.78 Å². The maximum absolute atomic E-state index is 13.9. The number of aromatic nitrogens is 4. The number of halogens is 2. The molecule has 0 aliphatic rings. The topological polar surface area (TPSA) is 60.8 Å². The maximum Gasteiger partial charge on any atom is 0.260 e. The third-order valence-corrected chi connectivity index (χ3v) is 2.52. The Morgan fingerprint density at radius 1 is 0.842 bits per heavy atom. The van der Waals surface area contributed by atoms with E-state index in [1.807, 2.05) is 0 Å². The highest BCUT2D eigenvalue weighted by Gasteiger charge is 2.17. The van der Waals surface area contributed by atoms with Crippen LogP contribution in [0, 0.1) is 11.6 Å². The van der Waals surface area contributed by atoms with E-state index < -0.39 is 11.6 Å². The fourth-order valence-electron chi connectivity index (χ4n) is 1.50. The van der Waals surface area contributed by atoms with Gasteiger partial charge in [0, 0.05) is 0 Å². The fourth-order valence-corrected chi connectivity index (χ4v) is 1.50. The van der Waals surface area contributed by atoms with E-state index in [-0.39, 0.29) is 23.1 Å². The number of hydrogen-bond donors (Lipinski definition) is 0. The lowest BCUT2D eigenvalue weighted by Gasteiger charge is -2.08. The van der Waals surface area contributed by atoms with Crippen molar-refractivity contribution in [2.75, 3.05) is 0 Å². The zero-order valence-corrected chi connectivity index (χ0v) is 10.5. The van der Waals surface area contributed by atoms with Gasteiger partial charge in [0.2, 0.25) is 11.6 Å². The third kappa shape index (κ3) is 2.64. The molecular weight excluding hydrogens is 254 g/mol. The molecule has 0 fully saturated rings. The van der Waals surface area contributed by atoms with Crippen LogP contribution in [0.3, 0.4) is 0 Å². The molecule has 2 aromatic rings. The lowest BCUT2D eigenvalue weighted by molar-refractivity contribution is 0.373. The monoisotopic (exact) mass is 266 g/mol. The Morgan fingerprint density at radius 3 is 1.63 bits per heavy atom. The molecule has 0 radical (unpaired) electrons. The first-order valence-electron chi connectivity index (χ1n) is 5.83. The first-order chi connectivity index (χ1) is 9.17. The number of ether oxygens (including phenoxy) is 1. The Labute approximate surface area is 108 Å². The molecule has 7 heteroatoms. The van der Waals surface area contributed by atoms with Gasteiger partial charge in [0.05, 0.1) is 11.4 Å². The van der Waals surface area contributed by atoms with Crippen molar-refractivity contribution in [2.45, 2.75) is 26.7 Å². The molecule has 100 valence electrons. The van der Waals surface area contributed by atoms with E-state index >= 15 is 0 Å². The number of nitrogens with zero attached hydrogens (tertiary/aromatic N) is 4. The van der Waals surface area contributed by atoms with E-state index in [0.29, 0.717) is 12.8 Å². The number of aryl methyl sites for hydroxylation is 2. The molecule has 0 unspecified atom stereocenters. The van der Waals surface area contributed by atoms with E-state index in [1.54, 1.807) is 13.8 Å². The van der Waals surface area contributed by atoms with Gasteiger partial charge in [-0.15, -0.1) is 0 Å². The molecule has 0 N–H and O–H groups in total. The smallest absolute Gasteiger partial charge is 0.260 e. The zero-order valence-electron chi connectivity index (χ0n) is 10.5. The molecule has 0 amide bonds. The van der Waals surface area contributed by atoms with Crippen molar-refractivity contribution in [3.63, 3.8) is 0 Å². The van der Waals surface area contributed by atoms with Crippen molar-refractivity contribution < 1.29 is 13.5 Å². The lowest BCUT2D eigenvalue weighted by Crippen LogP contribution is -2.03. The van der Waals surface area contributed by atoms with Gasteiger partial charge in [-0.25, -0.2) is 9.97 Å². The van der Waals surface area contributed by atoms with Gasteiger partial charge >= 0.3 is 0 Å². The first kappa shape index (κ1) is 13.3. The third-order valence-electron chi connectivity index (χ3n) is 2.52. The predicted octanol–water partition coefficient (Wildman–Crippen LogP) is 2.46. The summed E-state index contributed by atoms with van der Waals surface area (Å²) in [4.78, 5) is 14.8. The van der Waals surface area contributed by atoms with Gasteiger partial charge in [-0.05, 0) is 12.8 Å². The van der Waals surface area contributed by atoms with Crippen molar-refractivity contribution in [3.05, 3.63) is 35.7 Å². The summed E-state index contributed by atoms with van der Waals surface area (Å²) < 4.78 is 32.8. The molecule has 0 bridgehead atoms. The molecule has 2 aromatic heterocycles. The highest BCUT2D eigenvalue weighted by Crippen LogP contribution is 2.24. The van der Waals surface area contributed by atoms with Crippen molar-refractivity contribution in [2.24, 2.45) is 0 Å². The number of hydrogen-bond acceptors (Lipinski definition) is 5. The average Bonchev–Trinajstić information content (AvgIpc) is 2.43. The van der Waals surface area contributed by atoms with E-state index in [1.165, 1.54) is 0 Å². The van der Waals surface area contributed by atoms with E-state index in [4.69, 9.17) is 4.74 Å². The zero-order chi connectivity index (χ0) is 13.8. The minimum Gasteiger partial charge on any atom is -0.414 e. The van der Waals surface area contributed by atoms with E-state index in [2.05, 4.69) is 19.9 Å². The molecular formula is C12H12F2N4O. The van der Waals surface area contributed by atoms with Crippen molar-refractivity contribution in [3.8, 4) is 11.8 Å². The summed E-state index contributed by atoms with van der Waals surface area (Å²) in [6.07, 6.45) is 3.10. The maximum atomic E-state index is 13.9. The van der Waals surface area contributed by atoms with Crippen LogP contribution in [0.1, 0.15) is 25.2 Å². The summed E-state index contributed by atoms with van der Waals surface area (Å²) in [6.45, 7) is 3.49. The largest absolute Gasteiger partial charge is 0.414 e. The molecule has 19 heavy (non-hydrogen) atoms. The van der Waals surface area contributed by atoms with Crippen LogP contribution in [0.2, 0.25) is 0 Å². The second-order valence-corrected chi connectivity index (χ2v) is 3.69. The minimum absolute atomic E-state index is 0.204. The minimum atomic E-state index is -0.707. The van der Waals surface area contributed by atoms with Crippen LogP contribution < -0.4 is 4.74 Å². The second-order valence-electron chi connectivity index (χ2n) is 3.69. The van der Waals surface area contributed by atoms with Gasteiger partial charge < -0.3 is 4.74 Å². The quantitative estimate of drug-likeness (QED) is 0.850. The fraction of sp³-hybridized carbons (Fsp3) is 0.333. The van der Waals surface area contributed by atoms with Gasteiger partial charge in [0.1, 0.15) is 12.7 Å². The van der Waals surface area contributed by atoms with Crippen LogP contribution in [-0.4, -0.2) is 19.9 Å². The summed E-state index contributed by atoms with van der Waals surface area (Å²) in [5.41, 5.74) is 0.408. The van der Waals surface area contributed by atoms with Crippen LogP contribution in [0.5, 0.6) is 11.8 Å². The molecule has 0 aromatic carbocycles. The van der Waals surface area contributed by atoms with Gasteiger partial charge in [0.25, 0.3) is 11.8 Å². The standard InChI is InChI=1S/C12H12F2N4O/c1-3-7-9(13)11(17-5-15-7)19-12-10(14)8(4-2)16-6-18-12/h5-6H,3-4H2,1-2H3. The summed E-state index contributed by atoms with van der Waals surface area (Å²) >= 11 is 0. The summed E-state index contributed by atoms with van der Waals surface area (Å²) in [5, 5.41) is 0. The summed E-state index contributed by atoms with van der Waals surface area (Å²) in [6, 6.07) is 0. The number of rotatable bonds is 4. The van der Waals surface area contributed by atoms with E-state index in [0.717, 1.165) is 12.7 Å². The van der Waals surface area contributed by atoms with Crippen LogP contribution >= 0.6 is 0 Å². The molecule has 0 saturated carbocycles. The van der Waals surface area contributed by atoms with Gasteiger partial charge in [-0.1, -0.05) is 13.8 Å². The molecule has 0 spiro atoms. The summed E-state index contributed by atoms with van der Waals surface area (Å²) in [7, 11) is 0. The van der Waals surface area contributed by atoms with Gasteiger partial charge in [-0.3, -0.25) is 0 Å². The normalized spacial score (nSPS) is 10.5. The highest BCUT2D eigenvalue weighted by atomic mass is 19.1. The van der Waals surface area contributed by atoms with Crippen molar-refractivity contribution in [1.82, 2.24) is 19.9 Å². The Balaban J connectivity index is 2.36. The predicted molar refractivity (Wildman–Crippen MR) is 62.8 cm³/mol. The molecule has 0 saturated heterocycles. The molecule has 5 nitrogen and oxygen atoms in total. The lowest BCUT2D eigenvalue weighted by atomic mass is 10.3. The molecule has 0 atom stereocenters. The van der Waals surface area contributed by atoms with Crippen molar-refractivity contribution in [1.29, 1.82) is 0 Å². The van der Waals surface area contributed by atoms with Gasteiger partial charge in [-0.2, -0.15) is 18.7 Å². The van der Waals surface area contributed by atoms with Crippen LogP contribution in [0.15, 0.2) is 12.7 Å². The summed E-state index contributed by atoms with van der Waals surface area (Å²) in [5.74, 6) is -2.10. The highest BCUT2D eigenvalue weighted by molar-refractivity contribution is 5.25. The Bertz CT molecular complexity index is 540. The Hall–Kier alpha value is -2.18. The Kier molecular flexibility index (Phi) is 3.94. The van der Waals surface area contributed by atoms with Crippen molar-refractivity contribution >= 4 is 0 Å². The second kappa shape index (κ2) is 5.64. The molecule has 0 aliphatic carbocycles. The van der Waals surface area contributed by atoms with Crippen LogP contribution in [-0.2, 0) is 12.8 Å². The SMILES string of the molecule is CCc1ncnc(Oc2ncnc(CC)c2F)c1F. The molecule has 0 aliphatic heterocycles.